The van der Waals surface area contributed by atoms with Crippen LogP contribution in [0.4, 0.5) is 4.39 Å². The molecule has 1 nitrogen and oxygen atoms in total. The Labute approximate surface area is 96.4 Å². The van der Waals surface area contributed by atoms with Crippen molar-refractivity contribution in [3.05, 3.63) is 35.1 Å². The van der Waals surface area contributed by atoms with E-state index >= 15 is 0 Å². The quantitative estimate of drug-likeness (QED) is 0.525. The summed E-state index contributed by atoms with van der Waals surface area (Å²) >= 11 is 0. The van der Waals surface area contributed by atoms with Gasteiger partial charge in [-0.05, 0) is 36.8 Å². The molecule has 2 heteroatoms. The van der Waals surface area contributed by atoms with Crippen LogP contribution in [0.2, 0.25) is 0 Å². The van der Waals surface area contributed by atoms with E-state index in [2.05, 4.69) is 11.9 Å². The fourth-order valence-corrected chi connectivity index (χ4v) is 1.85. The van der Waals surface area contributed by atoms with Crippen LogP contribution in [-0.2, 0) is 0 Å². The summed E-state index contributed by atoms with van der Waals surface area (Å²) in [5, 5.41) is 0. The minimum atomic E-state index is -0.135. The van der Waals surface area contributed by atoms with Crippen LogP contribution < -0.4 is 0 Å². The predicted molar refractivity (Wildman–Crippen MR) is 65.7 cm³/mol. The molecule has 86 valence electrons. The summed E-state index contributed by atoms with van der Waals surface area (Å²) in [6.45, 7) is 2.93. The second kappa shape index (κ2) is 5.24. The molecule has 0 radical (unpaired) electrons. The average Bonchev–Trinajstić information content (AvgIpc) is 3.10. The summed E-state index contributed by atoms with van der Waals surface area (Å²) in [6.07, 6.45) is 6.31. The monoisotopic (exact) mass is 219 g/mol. The molecule has 1 aromatic rings. The van der Waals surface area contributed by atoms with Crippen molar-refractivity contribution in [2.75, 3.05) is 6.54 Å². The van der Waals surface area contributed by atoms with Crippen LogP contribution in [0.25, 0.3) is 0 Å². The van der Waals surface area contributed by atoms with Gasteiger partial charge < -0.3 is 0 Å². The number of halogens is 1. The van der Waals surface area contributed by atoms with Crippen molar-refractivity contribution in [2.45, 2.75) is 38.5 Å². The number of unbranched alkanes of at least 4 members (excludes halogenated alkanes) is 1. The van der Waals surface area contributed by atoms with Crippen LogP contribution in [0.3, 0.4) is 0 Å². The van der Waals surface area contributed by atoms with E-state index in [4.69, 9.17) is 0 Å². The summed E-state index contributed by atoms with van der Waals surface area (Å²) in [5.74, 6) is 0.438. The third-order valence-corrected chi connectivity index (χ3v) is 2.96. The highest BCUT2D eigenvalue weighted by molar-refractivity contribution is 5.82. The number of hydrogen-bond donors (Lipinski definition) is 0. The van der Waals surface area contributed by atoms with Gasteiger partial charge >= 0.3 is 0 Å². The highest BCUT2D eigenvalue weighted by atomic mass is 19.1. The molecule has 0 bridgehead atoms. The second-order valence-corrected chi connectivity index (χ2v) is 4.41. The molecule has 1 aliphatic carbocycles. The Hall–Kier alpha value is -1.18. The molecule has 0 atom stereocenters. The lowest BCUT2D eigenvalue weighted by atomic mass is 10.0. The average molecular weight is 219 g/mol. The van der Waals surface area contributed by atoms with E-state index in [0.717, 1.165) is 24.9 Å². The number of benzene rings is 1. The lowest BCUT2D eigenvalue weighted by Gasteiger charge is -2.04. The predicted octanol–water partition coefficient (Wildman–Crippen LogP) is 3.92. The third-order valence-electron chi connectivity index (χ3n) is 2.96. The molecule has 1 fully saturated rings. The van der Waals surface area contributed by atoms with Gasteiger partial charge in [0.25, 0.3) is 0 Å². The Morgan fingerprint density at radius 2 is 2.25 bits per heavy atom. The Kier molecular flexibility index (Phi) is 3.70. The maximum atomic E-state index is 13.7. The van der Waals surface area contributed by atoms with Crippen molar-refractivity contribution in [2.24, 2.45) is 4.99 Å². The van der Waals surface area contributed by atoms with E-state index in [9.17, 15) is 4.39 Å². The van der Waals surface area contributed by atoms with Crippen molar-refractivity contribution in [1.29, 1.82) is 0 Å². The fraction of sp³-hybridized carbons (Fsp3) is 0.500. The minimum absolute atomic E-state index is 0.135. The van der Waals surface area contributed by atoms with E-state index in [-0.39, 0.29) is 5.82 Å². The summed E-state index contributed by atoms with van der Waals surface area (Å²) < 4.78 is 13.7. The molecule has 0 amide bonds. The molecule has 0 saturated heterocycles. The Bertz CT molecular complexity index is 380. The molecule has 16 heavy (non-hydrogen) atoms. The molecule has 0 N–H and O–H groups in total. The molecule has 1 saturated carbocycles. The SMILES string of the molecule is CCCCN=Cc1c(F)cccc1C1CC1. The summed E-state index contributed by atoms with van der Waals surface area (Å²) in [7, 11) is 0. The molecule has 1 aliphatic rings. The zero-order valence-corrected chi connectivity index (χ0v) is 9.75. The van der Waals surface area contributed by atoms with Crippen LogP contribution in [0, 0.1) is 5.82 Å². The molecule has 0 heterocycles. The van der Waals surface area contributed by atoms with E-state index in [1.807, 2.05) is 6.07 Å². The first kappa shape index (κ1) is 11.3. The first-order valence-corrected chi connectivity index (χ1v) is 6.11. The van der Waals surface area contributed by atoms with Crippen molar-refractivity contribution >= 4 is 6.21 Å². The van der Waals surface area contributed by atoms with Gasteiger partial charge in [-0.1, -0.05) is 25.5 Å². The zero-order valence-electron chi connectivity index (χ0n) is 9.75. The zero-order chi connectivity index (χ0) is 11.4. The highest BCUT2D eigenvalue weighted by Gasteiger charge is 2.26. The van der Waals surface area contributed by atoms with Gasteiger partial charge in [0.05, 0.1) is 0 Å². The molecule has 0 unspecified atom stereocenters. The standard InChI is InChI=1S/C14H18FN/c1-2-3-9-16-10-13-12(11-7-8-11)5-4-6-14(13)15/h4-6,10-11H,2-3,7-9H2,1H3. The van der Waals surface area contributed by atoms with E-state index < -0.39 is 0 Å². The maximum absolute atomic E-state index is 13.7. The minimum Gasteiger partial charge on any atom is -0.292 e. The topological polar surface area (TPSA) is 12.4 Å². The molecule has 1 aromatic carbocycles. The summed E-state index contributed by atoms with van der Waals surface area (Å²) in [4.78, 5) is 4.30. The van der Waals surface area contributed by atoms with Crippen LogP contribution in [0.5, 0.6) is 0 Å². The van der Waals surface area contributed by atoms with Crippen LogP contribution >= 0.6 is 0 Å². The molecule has 2 rings (SSSR count). The smallest absolute Gasteiger partial charge is 0.132 e. The van der Waals surface area contributed by atoms with Gasteiger partial charge in [0, 0.05) is 18.3 Å². The molecular weight excluding hydrogens is 201 g/mol. The van der Waals surface area contributed by atoms with Gasteiger partial charge in [-0.25, -0.2) is 4.39 Å². The Morgan fingerprint density at radius 1 is 1.44 bits per heavy atom. The number of nitrogens with zero attached hydrogens (tertiary/aromatic N) is 1. The van der Waals surface area contributed by atoms with Crippen molar-refractivity contribution < 1.29 is 4.39 Å². The largest absolute Gasteiger partial charge is 0.292 e. The Morgan fingerprint density at radius 3 is 2.94 bits per heavy atom. The van der Waals surface area contributed by atoms with Gasteiger partial charge in [-0.2, -0.15) is 0 Å². The molecule has 0 aliphatic heterocycles. The first-order valence-electron chi connectivity index (χ1n) is 6.11. The third kappa shape index (κ3) is 2.69. The van der Waals surface area contributed by atoms with E-state index in [1.165, 1.54) is 18.9 Å². The van der Waals surface area contributed by atoms with E-state index in [0.29, 0.717) is 11.5 Å². The van der Waals surface area contributed by atoms with E-state index in [1.54, 1.807) is 12.3 Å². The Balaban J connectivity index is 2.14. The number of hydrogen-bond acceptors (Lipinski definition) is 1. The maximum Gasteiger partial charge on any atom is 0.132 e. The van der Waals surface area contributed by atoms with Crippen molar-refractivity contribution in [1.82, 2.24) is 0 Å². The first-order chi connectivity index (χ1) is 7.83. The number of aliphatic imine (C=N–C) groups is 1. The van der Waals surface area contributed by atoms with Gasteiger partial charge in [0.1, 0.15) is 5.82 Å². The molecular formula is C14H18FN. The highest BCUT2D eigenvalue weighted by Crippen LogP contribution is 2.41. The van der Waals surface area contributed by atoms with Gasteiger partial charge in [-0.3, -0.25) is 4.99 Å². The van der Waals surface area contributed by atoms with Gasteiger partial charge in [-0.15, -0.1) is 0 Å². The van der Waals surface area contributed by atoms with Crippen LogP contribution in [-0.4, -0.2) is 12.8 Å². The number of rotatable bonds is 5. The normalized spacial score (nSPS) is 15.9. The van der Waals surface area contributed by atoms with Crippen molar-refractivity contribution in [3.63, 3.8) is 0 Å². The van der Waals surface area contributed by atoms with Gasteiger partial charge in [0.15, 0.2) is 0 Å². The summed E-state index contributed by atoms with van der Waals surface area (Å²) in [6, 6.07) is 5.35. The lowest BCUT2D eigenvalue weighted by Crippen LogP contribution is -1.96. The molecule has 0 spiro atoms. The summed E-state index contributed by atoms with van der Waals surface area (Å²) in [5.41, 5.74) is 1.85. The fourth-order valence-electron chi connectivity index (χ4n) is 1.85. The van der Waals surface area contributed by atoms with Crippen LogP contribution in [0.1, 0.15) is 49.7 Å². The van der Waals surface area contributed by atoms with Gasteiger partial charge in [0.2, 0.25) is 0 Å². The lowest BCUT2D eigenvalue weighted by molar-refractivity contribution is 0.623. The molecule has 0 aromatic heterocycles. The van der Waals surface area contributed by atoms with Crippen LogP contribution in [0.15, 0.2) is 23.2 Å². The second-order valence-electron chi connectivity index (χ2n) is 4.41. The van der Waals surface area contributed by atoms with Crippen molar-refractivity contribution in [3.8, 4) is 0 Å².